The van der Waals surface area contributed by atoms with Crippen LogP contribution < -0.4 is 5.32 Å². The molecular weight excluding hydrogens is 315 g/mol. The predicted octanol–water partition coefficient (Wildman–Crippen LogP) is 3.05. The lowest BCUT2D eigenvalue weighted by molar-refractivity contribution is -0.130. The maximum atomic E-state index is 12.2. The summed E-state index contributed by atoms with van der Waals surface area (Å²) >= 11 is 13.9. The second kappa shape index (κ2) is 7.55. The summed E-state index contributed by atoms with van der Waals surface area (Å²) in [6.45, 7) is 1.49. The van der Waals surface area contributed by atoms with Crippen LogP contribution in [0.1, 0.15) is 12.0 Å². The molecule has 1 N–H and O–H groups in total. The Morgan fingerprint density at radius 3 is 2.95 bits per heavy atom. The summed E-state index contributed by atoms with van der Waals surface area (Å²) in [5.74, 6) is 2.26. The second-order valence-electron chi connectivity index (χ2n) is 4.92. The van der Waals surface area contributed by atoms with Crippen LogP contribution in [0.2, 0.25) is 10.0 Å². The fourth-order valence-electron chi connectivity index (χ4n) is 2.11. The summed E-state index contributed by atoms with van der Waals surface area (Å²) in [7, 11) is 1.81. The number of thioether (sulfide) groups is 1. The Kier molecular flexibility index (Phi) is 6.02. The van der Waals surface area contributed by atoms with Crippen molar-refractivity contribution in [3.63, 3.8) is 0 Å². The Morgan fingerprint density at radius 2 is 2.30 bits per heavy atom. The molecule has 1 saturated heterocycles. The van der Waals surface area contributed by atoms with Crippen LogP contribution in [-0.2, 0) is 11.3 Å². The molecule has 1 aliphatic rings. The zero-order valence-electron chi connectivity index (χ0n) is 11.4. The number of benzene rings is 1. The first-order valence-electron chi connectivity index (χ1n) is 6.55. The fourth-order valence-corrected chi connectivity index (χ4v) is 3.53. The third-order valence-corrected chi connectivity index (χ3v) is 4.99. The van der Waals surface area contributed by atoms with Gasteiger partial charge in [0, 0.05) is 54.2 Å². The second-order valence-corrected chi connectivity index (χ2v) is 6.91. The van der Waals surface area contributed by atoms with Crippen LogP contribution in [0.25, 0.3) is 0 Å². The molecule has 0 radical (unpaired) electrons. The van der Waals surface area contributed by atoms with Crippen molar-refractivity contribution in [1.82, 2.24) is 10.2 Å². The van der Waals surface area contributed by atoms with E-state index in [2.05, 4.69) is 5.32 Å². The van der Waals surface area contributed by atoms with E-state index in [0.717, 1.165) is 23.6 Å². The monoisotopic (exact) mass is 332 g/mol. The number of nitrogens with zero attached hydrogens (tertiary/aromatic N) is 1. The van der Waals surface area contributed by atoms with Gasteiger partial charge in [-0.1, -0.05) is 29.3 Å². The molecule has 1 heterocycles. The van der Waals surface area contributed by atoms with Gasteiger partial charge in [0.2, 0.25) is 5.91 Å². The molecule has 1 unspecified atom stereocenters. The standard InChI is InChI=1S/C14H18Cl2N2OS/c1-18(8-10-2-3-11(15)6-13(10)16)14(19)7-12-9-20-5-4-17-12/h2-3,6,12,17H,4-5,7-9H2,1H3. The number of hydrogen-bond donors (Lipinski definition) is 1. The minimum absolute atomic E-state index is 0.135. The van der Waals surface area contributed by atoms with E-state index < -0.39 is 0 Å². The van der Waals surface area contributed by atoms with E-state index in [4.69, 9.17) is 23.2 Å². The molecule has 1 aromatic carbocycles. The molecule has 1 atom stereocenters. The molecule has 0 aromatic heterocycles. The Balaban J connectivity index is 1.89. The summed E-state index contributed by atoms with van der Waals surface area (Å²) in [4.78, 5) is 13.9. The number of nitrogens with one attached hydrogen (secondary N) is 1. The van der Waals surface area contributed by atoms with Gasteiger partial charge in [-0.05, 0) is 17.7 Å². The summed E-state index contributed by atoms with van der Waals surface area (Å²) in [6.07, 6.45) is 0.536. The first kappa shape index (κ1) is 16.0. The van der Waals surface area contributed by atoms with Gasteiger partial charge < -0.3 is 10.2 Å². The quantitative estimate of drug-likeness (QED) is 0.919. The largest absolute Gasteiger partial charge is 0.341 e. The Hall–Kier alpha value is -0.420. The van der Waals surface area contributed by atoms with E-state index in [9.17, 15) is 4.79 Å². The van der Waals surface area contributed by atoms with Crippen LogP contribution >= 0.6 is 35.0 Å². The van der Waals surface area contributed by atoms with Crippen molar-refractivity contribution in [2.75, 3.05) is 25.1 Å². The first-order valence-corrected chi connectivity index (χ1v) is 8.46. The molecule has 1 aromatic rings. The lowest BCUT2D eigenvalue weighted by Gasteiger charge is -2.25. The molecule has 0 bridgehead atoms. The smallest absolute Gasteiger partial charge is 0.224 e. The van der Waals surface area contributed by atoms with Crippen molar-refractivity contribution in [3.8, 4) is 0 Å². The van der Waals surface area contributed by atoms with Crippen LogP contribution in [0.3, 0.4) is 0 Å². The molecule has 1 amide bonds. The number of halogens is 2. The molecule has 0 aliphatic carbocycles. The fraction of sp³-hybridized carbons (Fsp3) is 0.500. The topological polar surface area (TPSA) is 32.3 Å². The molecule has 110 valence electrons. The van der Waals surface area contributed by atoms with Crippen LogP contribution in [0, 0.1) is 0 Å². The zero-order valence-corrected chi connectivity index (χ0v) is 13.7. The Bertz CT molecular complexity index is 478. The maximum Gasteiger partial charge on any atom is 0.224 e. The van der Waals surface area contributed by atoms with Crippen LogP contribution in [0.4, 0.5) is 0 Å². The van der Waals surface area contributed by atoms with Gasteiger partial charge in [-0.3, -0.25) is 4.79 Å². The summed E-state index contributed by atoms with van der Waals surface area (Å²) < 4.78 is 0. The summed E-state index contributed by atoms with van der Waals surface area (Å²) in [5.41, 5.74) is 0.915. The first-order chi connectivity index (χ1) is 9.56. The van der Waals surface area contributed by atoms with E-state index >= 15 is 0 Å². The molecule has 0 saturated carbocycles. The van der Waals surface area contributed by atoms with Gasteiger partial charge >= 0.3 is 0 Å². The van der Waals surface area contributed by atoms with E-state index in [1.165, 1.54) is 0 Å². The highest BCUT2D eigenvalue weighted by Gasteiger charge is 2.19. The maximum absolute atomic E-state index is 12.2. The normalized spacial score (nSPS) is 18.9. The highest BCUT2D eigenvalue weighted by atomic mass is 35.5. The Labute approximate surface area is 134 Å². The van der Waals surface area contributed by atoms with Gasteiger partial charge in [-0.25, -0.2) is 0 Å². The SMILES string of the molecule is CN(Cc1ccc(Cl)cc1Cl)C(=O)CC1CSCCN1. The predicted molar refractivity (Wildman–Crippen MR) is 86.7 cm³/mol. The lowest BCUT2D eigenvalue weighted by atomic mass is 10.1. The van der Waals surface area contributed by atoms with Crippen molar-refractivity contribution < 1.29 is 4.79 Å². The van der Waals surface area contributed by atoms with Gasteiger partial charge in [0.25, 0.3) is 0 Å². The van der Waals surface area contributed by atoms with Gasteiger partial charge in [-0.2, -0.15) is 11.8 Å². The van der Waals surface area contributed by atoms with E-state index in [1.54, 1.807) is 17.0 Å². The van der Waals surface area contributed by atoms with E-state index in [-0.39, 0.29) is 11.9 Å². The van der Waals surface area contributed by atoms with Crippen molar-refractivity contribution in [2.45, 2.75) is 19.0 Å². The number of amides is 1. The van der Waals surface area contributed by atoms with Crippen LogP contribution in [-0.4, -0.2) is 41.9 Å². The highest BCUT2D eigenvalue weighted by molar-refractivity contribution is 7.99. The lowest BCUT2D eigenvalue weighted by Crippen LogP contribution is -2.41. The molecule has 20 heavy (non-hydrogen) atoms. The molecule has 1 aliphatic heterocycles. The number of carbonyl (C=O) groups is 1. The molecule has 1 fully saturated rings. The Morgan fingerprint density at radius 1 is 1.50 bits per heavy atom. The number of carbonyl (C=O) groups excluding carboxylic acids is 1. The van der Waals surface area contributed by atoms with Gasteiger partial charge in [0.1, 0.15) is 0 Å². The highest BCUT2D eigenvalue weighted by Crippen LogP contribution is 2.22. The van der Waals surface area contributed by atoms with Crippen molar-refractivity contribution in [1.29, 1.82) is 0 Å². The minimum atomic E-state index is 0.135. The zero-order chi connectivity index (χ0) is 14.5. The molecule has 3 nitrogen and oxygen atoms in total. The minimum Gasteiger partial charge on any atom is -0.341 e. The van der Waals surface area contributed by atoms with E-state index in [1.807, 2.05) is 24.9 Å². The summed E-state index contributed by atoms with van der Waals surface area (Å²) in [6, 6.07) is 5.64. The third-order valence-electron chi connectivity index (χ3n) is 3.27. The summed E-state index contributed by atoms with van der Waals surface area (Å²) in [5, 5.41) is 4.58. The molecule has 0 spiro atoms. The van der Waals surface area contributed by atoms with E-state index in [0.29, 0.717) is 23.0 Å². The van der Waals surface area contributed by atoms with Crippen LogP contribution in [0.15, 0.2) is 18.2 Å². The van der Waals surface area contributed by atoms with Crippen molar-refractivity contribution in [3.05, 3.63) is 33.8 Å². The molecule has 6 heteroatoms. The molecular formula is C14H18Cl2N2OS. The number of rotatable bonds is 4. The van der Waals surface area contributed by atoms with Crippen molar-refractivity contribution in [2.24, 2.45) is 0 Å². The molecule has 2 rings (SSSR count). The van der Waals surface area contributed by atoms with Gasteiger partial charge in [0.15, 0.2) is 0 Å². The van der Waals surface area contributed by atoms with Crippen molar-refractivity contribution >= 4 is 40.9 Å². The van der Waals surface area contributed by atoms with Crippen LogP contribution in [0.5, 0.6) is 0 Å². The van der Waals surface area contributed by atoms with Gasteiger partial charge in [-0.15, -0.1) is 0 Å². The number of hydrogen-bond acceptors (Lipinski definition) is 3. The average Bonchev–Trinajstić information content (AvgIpc) is 2.43. The van der Waals surface area contributed by atoms with Gasteiger partial charge in [0.05, 0.1) is 0 Å². The average molecular weight is 333 g/mol. The third kappa shape index (κ3) is 4.55.